The Morgan fingerprint density at radius 2 is 1.74 bits per heavy atom. The Morgan fingerprint density at radius 1 is 0.943 bits per heavy atom. The fraction of sp³-hybridized carbons (Fsp3) is 0.483. The van der Waals surface area contributed by atoms with Crippen LogP contribution < -0.4 is 0 Å². The maximum Gasteiger partial charge on any atom is 0.150 e. The molecule has 2 aliphatic heterocycles. The van der Waals surface area contributed by atoms with Gasteiger partial charge in [-0.15, -0.1) is 10.2 Å². The lowest BCUT2D eigenvalue weighted by Crippen LogP contribution is -2.37. The second-order valence-electron chi connectivity index (χ2n) is 10.1. The van der Waals surface area contributed by atoms with Gasteiger partial charge < -0.3 is 4.57 Å². The summed E-state index contributed by atoms with van der Waals surface area (Å²) >= 11 is 0. The van der Waals surface area contributed by atoms with Crippen LogP contribution in [0, 0.1) is 11.3 Å². The van der Waals surface area contributed by atoms with Gasteiger partial charge in [0.25, 0.3) is 0 Å². The zero-order valence-corrected chi connectivity index (χ0v) is 20.6. The van der Waals surface area contributed by atoms with Crippen molar-refractivity contribution in [3.63, 3.8) is 0 Å². The number of rotatable bonds is 10. The number of hydrogen-bond acceptors (Lipinski definition) is 5. The average molecular weight is 469 g/mol. The van der Waals surface area contributed by atoms with E-state index in [0.29, 0.717) is 12.1 Å². The second kappa shape index (κ2) is 11.6. The maximum absolute atomic E-state index is 9.03. The van der Waals surface area contributed by atoms with Gasteiger partial charge in [0, 0.05) is 19.1 Å². The Labute approximate surface area is 209 Å². The van der Waals surface area contributed by atoms with Crippen molar-refractivity contribution in [1.82, 2.24) is 24.6 Å². The Kier molecular flexibility index (Phi) is 7.87. The van der Waals surface area contributed by atoms with Crippen LogP contribution in [0.4, 0.5) is 0 Å². The summed E-state index contributed by atoms with van der Waals surface area (Å²) in [5, 5.41) is 18.0. The van der Waals surface area contributed by atoms with Gasteiger partial charge in [0.05, 0.1) is 24.2 Å². The van der Waals surface area contributed by atoms with Crippen molar-refractivity contribution in [2.75, 3.05) is 26.2 Å². The van der Waals surface area contributed by atoms with Crippen LogP contribution in [-0.2, 0) is 13.0 Å². The van der Waals surface area contributed by atoms with Crippen LogP contribution in [0.3, 0.4) is 0 Å². The number of unbranched alkanes of at least 4 members (excludes halogenated alkanes) is 1. The molecule has 0 aliphatic carbocycles. The van der Waals surface area contributed by atoms with Gasteiger partial charge in [-0.2, -0.15) is 5.26 Å². The molecule has 3 aromatic rings. The number of nitriles is 1. The number of hydrogen-bond donors (Lipinski definition) is 0. The Bertz CT molecular complexity index is 1090. The smallest absolute Gasteiger partial charge is 0.150 e. The molecular weight excluding hydrogens is 432 g/mol. The van der Waals surface area contributed by atoms with E-state index in [1.807, 2.05) is 18.5 Å². The van der Waals surface area contributed by atoms with E-state index >= 15 is 0 Å². The molecule has 6 nitrogen and oxygen atoms in total. The maximum atomic E-state index is 9.03. The van der Waals surface area contributed by atoms with E-state index in [9.17, 15) is 0 Å². The third-order valence-electron chi connectivity index (χ3n) is 7.71. The van der Waals surface area contributed by atoms with Crippen molar-refractivity contribution in [2.24, 2.45) is 0 Å². The minimum absolute atomic E-state index is 0.301. The lowest BCUT2D eigenvalue weighted by Gasteiger charge is -2.29. The molecule has 2 saturated heterocycles. The van der Waals surface area contributed by atoms with E-state index < -0.39 is 0 Å². The van der Waals surface area contributed by atoms with E-state index in [1.165, 1.54) is 43.5 Å². The fourth-order valence-corrected chi connectivity index (χ4v) is 5.77. The van der Waals surface area contributed by atoms with Crippen molar-refractivity contribution in [3.05, 3.63) is 83.4 Å². The summed E-state index contributed by atoms with van der Waals surface area (Å²) in [5.74, 6) is 1.11. The molecule has 3 heterocycles. The van der Waals surface area contributed by atoms with Crippen molar-refractivity contribution in [3.8, 4) is 6.07 Å². The largest absolute Gasteiger partial charge is 0.312 e. The molecule has 0 amide bonds. The minimum atomic E-state index is 0.301. The third-order valence-corrected chi connectivity index (χ3v) is 7.71. The van der Waals surface area contributed by atoms with Crippen molar-refractivity contribution in [2.45, 2.75) is 63.6 Å². The number of aromatic nitrogens is 3. The quantitative estimate of drug-likeness (QED) is 0.399. The van der Waals surface area contributed by atoms with Gasteiger partial charge in [-0.25, -0.2) is 0 Å². The number of aryl methyl sites for hydroxylation is 1. The highest BCUT2D eigenvalue weighted by Gasteiger charge is 2.34. The monoisotopic (exact) mass is 468 g/mol. The normalized spacial score (nSPS) is 19.7. The Hall–Kier alpha value is -3.01. The topological polar surface area (TPSA) is 61.0 Å². The molecule has 0 radical (unpaired) electrons. The van der Waals surface area contributed by atoms with Gasteiger partial charge in [0.15, 0.2) is 5.82 Å². The van der Waals surface area contributed by atoms with Gasteiger partial charge in [-0.05, 0) is 74.9 Å². The van der Waals surface area contributed by atoms with Gasteiger partial charge >= 0.3 is 0 Å². The predicted molar refractivity (Wildman–Crippen MR) is 138 cm³/mol. The highest BCUT2D eigenvalue weighted by atomic mass is 15.3. The van der Waals surface area contributed by atoms with Gasteiger partial charge in [0.1, 0.15) is 6.33 Å². The third kappa shape index (κ3) is 5.98. The van der Waals surface area contributed by atoms with Gasteiger partial charge in [-0.1, -0.05) is 48.9 Å². The predicted octanol–water partition coefficient (Wildman–Crippen LogP) is 4.82. The van der Waals surface area contributed by atoms with Crippen LogP contribution in [0.5, 0.6) is 0 Å². The molecule has 0 N–H and O–H groups in total. The summed E-state index contributed by atoms with van der Waals surface area (Å²) in [4.78, 5) is 5.38. The van der Waals surface area contributed by atoms with Crippen LogP contribution in [0.15, 0.2) is 60.9 Å². The summed E-state index contributed by atoms with van der Waals surface area (Å²) in [6.45, 7) is 5.61. The second-order valence-corrected chi connectivity index (χ2v) is 10.1. The number of likely N-dealkylation sites (tertiary alicyclic amines) is 2. The molecule has 2 aliphatic rings. The number of benzene rings is 2. The van der Waals surface area contributed by atoms with Crippen LogP contribution in [0.2, 0.25) is 0 Å². The first-order valence-electron chi connectivity index (χ1n) is 13.2. The van der Waals surface area contributed by atoms with Gasteiger partial charge in [-0.3, -0.25) is 9.80 Å². The molecule has 0 saturated carbocycles. The van der Waals surface area contributed by atoms with E-state index in [0.717, 1.165) is 56.7 Å². The molecule has 5 rings (SSSR count). The van der Waals surface area contributed by atoms with E-state index in [2.05, 4.69) is 73.1 Å². The summed E-state index contributed by atoms with van der Waals surface area (Å²) in [5.41, 5.74) is 3.32. The fourth-order valence-electron chi connectivity index (χ4n) is 5.77. The standard InChI is InChI=1S/C29H36N6/c30-20-25-14-12-24(13-15-25)8-4-5-11-28(34-19-16-27(22-34)33-17-6-7-18-33)29-32-31-23-35(29)21-26-9-2-1-3-10-26/h1-3,9-10,12-15,23,27-28H,4-8,11,16-19,21-22H2. The molecule has 35 heavy (non-hydrogen) atoms. The molecule has 2 unspecified atom stereocenters. The van der Waals surface area contributed by atoms with Crippen LogP contribution in [0.25, 0.3) is 0 Å². The first kappa shape index (κ1) is 23.7. The molecule has 6 heteroatoms. The van der Waals surface area contributed by atoms with Gasteiger partial charge in [0.2, 0.25) is 0 Å². The number of nitrogens with zero attached hydrogens (tertiary/aromatic N) is 6. The highest BCUT2D eigenvalue weighted by molar-refractivity contribution is 5.31. The molecule has 2 aromatic carbocycles. The summed E-state index contributed by atoms with van der Waals surface area (Å²) in [7, 11) is 0. The Morgan fingerprint density at radius 3 is 2.51 bits per heavy atom. The van der Waals surface area contributed by atoms with E-state index in [4.69, 9.17) is 5.26 Å². The SMILES string of the molecule is N#Cc1ccc(CCCCC(c2nncn2Cc2ccccc2)N2CCC(N3CCCC3)C2)cc1. The van der Waals surface area contributed by atoms with Crippen molar-refractivity contribution < 1.29 is 0 Å². The van der Waals surface area contributed by atoms with Crippen molar-refractivity contribution in [1.29, 1.82) is 5.26 Å². The molecule has 0 spiro atoms. The lowest BCUT2D eigenvalue weighted by atomic mass is 10.0. The molecule has 2 fully saturated rings. The molecule has 182 valence electrons. The molecular formula is C29H36N6. The van der Waals surface area contributed by atoms with E-state index in [-0.39, 0.29) is 0 Å². The van der Waals surface area contributed by atoms with Crippen LogP contribution in [-0.4, -0.2) is 56.8 Å². The average Bonchev–Trinajstić information content (AvgIpc) is 3.68. The molecule has 1 aromatic heterocycles. The zero-order chi connectivity index (χ0) is 23.9. The van der Waals surface area contributed by atoms with E-state index in [1.54, 1.807) is 0 Å². The molecule has 2 atom stereocenters. The van der Waals surface area contributed by atoms with Crippen molar-refractivity contribution >= 4 is 0 Å². The first-order valence-corrected chi connectivity index (χ1v) is 13.2. The Balaban J connectivity index is 1.26. The molecule has 0 bridgehead atoms. The summed E-state index contributed by atoms with van der Waals surface area (Å²) < 4.78 is 2.25. The first-order chi connectivity index (χ1) is 17.3. The van der Waals surface area contributed by atoms with Crippen LogP contribution in [0.1, 0.15) is 67.1 Å². The summed E-state index contributed by atoms with van der Waals surface area (Å²) in [6.07, 6.45) is 10.3. The minimum Gasteiger partial charge on any atom is -0.312 e. The summed E-state index contributed by atoms with van der Waals surface area (Å²) in [6, 6.07) is 21.8. The zero-order valence-electron chi connectivity index (χ0n) is 20.6. The van der Waals surface area contributed by atoms with Crippen LogP contribution >= 0.6 is 0 Å². The highest BCUT2D eigenvalue weighted by Crippen LogP contribution is 2.31. The lowest BCUT2D eigenvalue weighted by molar-refractivity contribution is 0.183.